The molecule has 6 nitrogen and oxygen atoms in total. The summed E-state index contributed by atoms with van der Waals surface area (Å²) in [5.74, 6) is -0.849. The minimum Gasteiger partial charge on any atom is -0.481 e. The molecule has 1 aliphatic rings. The van der Waals surface area contributed by atoms with E-state index in [1.54, 1.807) is 0 Å². The summed E-state index contributed by atoms with van der Waals surface area (Å²) in [5.41, 5.74) is -0.565. The van der Waals surface area contributed by atoms with Crippen molar-refractivity contribution in [3.63, 3.8) is 0 Å². The highest BCUT2D eigenvalue weighted by Gasteiger charge is 2.35. The van der Waals surface area contributed by atoms with E-state index in [0.717, 1.165) is 45.2 Å². The van der Waals surface area contributed by atoms with E-state index >= 15 is 0 Å². The molecule has 0 heterocycles. The highest BCUT2D eigenvalue weighted by atomic mass is 16.4. The lowest BCUT2D eigenvalue weighted by Crippen LogP contribution is -2.54. The molecule has 0 unspecified atom stereocenters. The monoisotopic (exact) mass is 285 g/mol. The Labute approximate surface area is 120 Å². The molecule has 116 valence electrons. The number of nitrogens with one attached hydrogen (secondary N) is 2. The number of aliphatic carboxylic acids is 1. The fourth-order valence-corrected chi connectivity index (χ4v) is 2.67. The zero-order valence-electron chi connectivity index (χ0n) is 12.6. The molecule has 20 heavy (non-hydrogen) atoms. The van der Waals surface area contributed by atoms with Crippen LogP contribution in [0.5, 0.6) is 0 Å². The molecule has 6 heteroatoms. The van der Waals surface area contributed by atoms with E-state index < -0.39 is 11.5 Å². The first-order chi connectivity index (χ1) is 9.47. The molecule has 2 amide bonds. The zero-order chi connectivity index (χ0) is 15.0. The Morgan fingerprint density at radius 3 is 2.45 bits per heavy atom. The predicted molar refractivity (Wildman–Crippen MR) is 77.8 cm³/mol. The SMILES string of the molecule is CCN(C)CCNC(=O)NC1(CC(=O)O)CCCCC1. The van der Waals surface area contributed by atoms with Gasteiger partial charge < -0.3 is 20.6 Å². The van der Waals surface area contributed by atoms with Crippen LogP contribution in [-0.2, 0) is 4.79 Å². The Balaban J connectivity index is 2.44. The van der Waals surface area contributed by atoms with Gasteiger partial charge in [-0.1, -0.05) is 26.2 Å². The second kappa shape index (κ2) is 8.09. The summed E-state index contributed by atoms with van der Waals surface area (Å²) in [7, 11) is 1.99. The van der Waals surface area contributed by atoms with Gasteiger partial charge in [0.25, 0.3) is 0 Å². The van der Waals surface area contributed by atoms with Crippen LogP contribution in [0.15, 0.2) is 0 Å². The molecule has 0 aromatic heterocycles. The molecule has 1 saturated carbocycles. The van der Waals surface area contributed by atoms with E-state index in [1.165, 1.54) is 0 Å². The number of carboxylic acid groups (broad SMARTS) is 1. The number of rotatable bonds is 7. The van der Waals surface area contributed by atoms with Crippen molar-refractivity contribution in [2.75, 3.05) is 26.7 Å². The Hall–Kier alpha value is -1.30. The molecule has 1 aliphatic carbocycles. The summed E-state index contributed by atoms with van der Waals surface area (Å²) in [5, 5.41) is 14.8. The molecule has 0 spiro atoms. The van der Waals surface area contributed by atoms with E-state index in [4.69, 9.17) is 5.11 Å². The summed E-state index contributed by atoms with van der Waals surface area (Å²) in [4.78, 5) is 25.1. The van der Waals surface area contributed by atoms with Crippen LogP contribution in [0.4, 0.5) is 4.79 Å². The van der Waals surface area contributed by atoms with Gasteiger partial charge in [-0.25, -0.2) is 4.79 Å². The van der Waals surface area contributed by atoms with Gasteiger partial charge in [0.05, 0.1) is 12.0 Å². The first-order valence-electron chi connectivity index (χ1n) is 7.44. The third-order valence-corrected chi connectivity index (χ3v) is 4.00. The summed E-state index contributed by atoms with van der Waals surface area (Å²) in [6.07, 6.45) is 4.59. The largest absolute Gasteiger partial charge is 0.481 e. The minimum absolute atomic E-state index is 0.00921. The van der Waals surface area contributed by atoms with Crippen molar-refractivity contribution in [1.82, 2.24) is 15.5 Å². The van der Waals surface area contributed by atoms with Crippen molar-refractivity contribution in [3.8, 4) is 0 Å². The Morgan fingerprint density at radius 2 is 1.90 bits per heavy atom. The van der Waals surface area contributed by atoms with Gasteiger partial charge in [0.15, 0.2) is 0 Å². The minimum atomic E-state index is -0.849. The number of nitrogens with zero attached hydrogens (tertiary/aromatic N) is 1. The van der Waals surface area contributed by atoms with Crippen molar-refractivity contribution in [1.29, 1.82) is 0 Å². The Bertz CT molecular complexity index is 328. The average Bonchev–Trinajstić information content (AvgIpc) is 2.38. The number of carbonyl (C=O) groups excluding carboxylic acids is 1. The van der Waals surface area contributed by atoms with Crippen LogP contribution in [0.25, 0.3) is 0 Å². The molecule has 0 aromatic rings. The highest BCUT2D eigenvalue weighted by molar-refractivity contribution is 5.76. The average molecular weight is 285 g/mol. The van der Waals surface area contributed by atoms with Crippen LogP contribution in [0.2, 0.25) is 0 Å². The molecule has 0 atom stereocenters. The molecular formula is C14H27N3O3. The van der Waals surface area contributed by atoms with Gasteiger partial charge in [-0.15, -0.1) is 0 Å². The van der Waals surface area contributed by atoms with Crippen LogP contribution >= 0.6 is 0 Å². The van der Waals surface area contributed by atoms with Crippen molar-refractivity contribution < 1.29 is 14.7 Å². The normalized spacial score (nSPS) is 17.8. The summed E-state index contributed by atoms with van der Waals surface area (Å²) in [6, 6.07) is -0.252. The molecule has 0 saturated heterocycles. The molecule has 0 aliphatic heterocycles. The van der Waals surface area contributed by atoms with Gasteiger partial charge in [-0.2, -0.15) is 0 Å². The molecular weight excluding hydrogens is 258 g/mol. The number of likely N-dealkylation sites (N-methyl/N-ethyl adjacent to an activating group) is 1. The summed E-state index contributed by atoms with van der Waals surface area (Å²) in [6.45, 7) is 4.35. The smallest absolute Gasteiger partial charge is 0.315 e. The Kier molecular flexibility index (Phi) is 6.78. The van der Waals surface area contributed by atoms with Crippen LogP contribution in [0, 0.1) is 0 Å². The fraction of sp³-hybridized carbons (Fsp3) is 0.857. The van der Waals surface area contributed by atoms with Gasteiger partial charge in [0.1, 0.15) is 0 Å². The van der Waals surface area contributed by atoms with Gasteiger partial charge in [-0.05, 0) is 26.4 Å². The number of carbonyl (C=O) groups is 2. The molecule has 0 bridgehead atoms. The van der Waals surface area contributed by atoms with E-state index in [0.29, 0.717) is 6.54 Å². The number of amides is 2. The second-order valence-electron chi connectivity index (χ2n) is 5.69. The Morgan fingerprint density at radius 1 is 1.25 bits per heavy atom. The zero-order valence-corrected chi connectivity index (χ0v) is 12.6. The second-order valence-corrected chi connectivity index (χ2v) is 5.69. The maximum atomic E-state index is 11.9. The molecule has 3 N–H and O–H groups in total. The lowest BCUT2D eigenvalue weighted by atomic mass is 9.79. The predicted octanol–water partition coefficient (Wildman–Crippen LogP) is 1.41. The standard InChI is InChI=1S/C14H27N3O3/c1-3-17(2)10-9-15-13(20)16-14(11-12(18)19)7-5-4-6-8-14/h3-11H2,1-2H3,(H,18,19)(H2,15,16,20). The van der Waals surface area contributed by atoms with Gasteiger partial charge in [0.2, 0.25) is 0 Å². The van der Waals surface area contributed by atoms with E-state index in [-0.39, 0.29) is 12.5 Å². The molecule has 1 fully saturated rings. The van der Waals surface area contributed by atoms with Crippen LogP contribution in [-0.4, -0.2) is 54.2 Å². The maximum absolute atomic E-state index is 11.9. The number of carboxylic acids is 1. The lowest BCUT2D eigenvalue weighted by molar-refractivity contribution is -0.139. The van der Waals surface area contributed by atoms with Crippen molar-refractivity contribution in [2.24, 2.45) is 0 Å². The van der Waals surface area contributed by atoms with E-state index in [1.807, 2.05) is 7.05 Å². The number of hydrogen-bond acceptors (Lipinski definition) is 3. The third kappa shape index (κ3) is 5.77. The van der Waals surface area contributed by atoms with Crippen molar-refractivity contribution in [3.05, 3.63) is 0 Å². The summed E-state index contributed by atoms with van der Waals surface area (Å²) >= 11 is 0. The fourth-order valence-electron chi connectivity index (χ4n) is 2.67. The first-order valence-corrected chi connectivity index (χ1v) is 7.44. The first kappa shape index (κ1) is 16.8. The third-order valence-electron chi connectivity index (χ3n) is 4.00. The van der Waals surface area contributed by atoms with Gasteiger partial charge in [-0.3, -0.25) is 4.79 Å². The number of hydrogen-bond donors (Lipinski definition) is 3. The maximum Gasteiger partial charge on any atom is 0.315 e. The van der Waals surface area contributed by atoms with Crippen LogP contribution < -0.4 is 10.6 Å². The van der Waals surface area contributed by atoms with Crippen molar-refractivity contribution in [2.45, 2.75) is 51.0 Å². The van der Waals surface area contributed by atoms with E-state index in [9.17, 15) is 9.59 Å². The highest BCUT2D eigenvalue weighted by Crippen LogP contribution is 2.31. The summed E-state index contributed by atoms with van der Waals surface area (Å²) < 4.78 is 0. The quantitative estimate of drug-likeness (QED) is 0.660. The molecule has 1 rings (SSSR count). The van der Waals surface area contributed by atoms with Crippen molar-refractivity contribution >= 4 is 12.0 Å². The molecule has 0 aromatic carbocycles. The van der Waals surface area contributed by atoms with Gasteiger partial charge in [0, 0.05) is 13.1 Å². The molecule has 0 radical (unpaired) electrons. The lowest BCUT2D eigenvalue weighted by Gasteiger charge is -2.37. The van der Waals surface area contributed by atoms with Crippen LogP contribution in [0.1, 0.15) is 45.4 Å². The topological polar surface area (TPSA) is 81.7 Å². The van der Waals surface area contributed by atoms with Crippen LogP contribution in [0.3, 0.4) is 0 Å². The van der Waals surface area contributed by atoms with Gasteiger partial charge >= 0.3 is 12.0 Å². The number of urea groups is 1. The van der Waals surface area contributed by atoms with E-state index in [2.05, 4.69) is 22.5 Å².